The van der Waals surface area contributed by atoms with Gasteiger partial charge in [0.1, 0.15) is 0 Å². The molecule has 1 aliphatic rings. The maximum Gasteiger partial charge on any atom is 0.251 e. The van der Waals surface area contributed by atoms with E-state index in [-0.39, 0.29) is 24.5 Å². The second kappa shape index (κ2) is 6.89. The fourth-order valence-electron chi connectivity index (χ4n) is 2.89. The highest BCUT2D eigenvalue weighted by atomic mass is 16.3. The van der Waals surface area contributed by atoms with E-state index in [4.69, 9.17) is 0 Å². The molecule has 0 aromatic heterocycles. The van der Waals surface area contributed by atoms with E-state index in [1.807, 2.05) is 24.3 Å². The summed E-state index contributed by atoms with van der Waals surface area (Å²) in [5, 5.41) is 12.5. The summed E-state index contributed by atoms with van der Waals surface area (Å²) in [5.41, 5.74) is 1.95. The maximum absolute atomic E-state index is 12.3. The third-order valence-electron chi connectivity index (χ3n) is 4.30. The molecule has 1 aliphatic carbocycles. The molecule has 110 valence electrons. The predicted molar refractivity (Wildman–Crippen MR) is 80.8 cm³/mol. The largest absolute Gasteiger partial charge is 0.396 e. The van der Waals surface area contributed by atoms with E-state index in [2.05, 4.69) is 19.2 Å². The van der Waals surface area contributed by atoms with Gasteiger partial charge in [-0.15, -0.1) is 0 Å². The van der Waals surface area contributed by atoms with Gasteiger partial charge in [-0.05, 0) is 36.5 Å². The molecule has 0 heterocycles. The Morgan fingerprint density at radius 1 is 1.25 bits per heavy atom. The number of nitrogens with one attached hydrogen (secondary N) is 1. The highest BCUT2D eigenvalue weighted by molar-refractivity contribution is 5.94. The Balaban J connectivity index is 2.00. The van der Waals surface area contributed by atoms with E-state index in [1.54, 1.807) is 0 Å². The quantitative estimate of drug-likeness (QED) is 0.887. The van der Waals surface area contributed by atoms with Crippen molar-refractivity contribution in [3.05, 3.63) is 35.4 Å². The second-order valence-electron chi connectivity index (χ2n) is 6.08. The molecule has 1 fully saturated rings. The molecule has 1 amide bonds. The van der Waals surface area contributed by atoms with Crippen molar-refractivity contribution < 1.29 is 9.90 Å². The lowest BCUT2D eigenvalue weighted by Crippen LogP contribution is -2.43. The summed E-state index contributed by atoms with van der Waals surface area (Å²) in [6.07, 6.45) is 4.27. The van der Waals surface area contributed by atoms with Gasteiger partial charge in [0.25, 0.3) is 5.91 Å². The van der Waals surface area contributed by atoms with Gasteiger partial charge in [-0.3, -0.25) is 4.79 Å². The molecular weight excluding hydrogens is 250 g/mol. The highest BCUT2D eigenvalue weighted by Gasteiger charge is 2.26. The van der Waals surface area contributed by atoms with Gasteiger partial charge in [-0.2, -0.15) is 0 Å². The van der Waals surface area contributed by atoms with Gasteiger partial charge in [0, 0.05) is 24.1 Å². The van der Waals surface area contributed by atoms with E-state index in [0.717, 1.165) is 25.7 Å². The molecule has 0 bridgehead atoms. The van der Waals surface area contributed by atoms with Crippen LogP contribution in [0.25, 0.3) is 0 Å². The molecule has 0 aliphatic heterocycles. The van der Waals surface area contributed by atoms with Gasteiger partial charge >= 0.3 is 0 Å². The molecule has 3 nitrogen and oxygen atoms in total. The van der Waals surface area contributed by atoms with Crippen molar-refractivity contribution >= 4 is 5.91 Å². The lowest BCUT2D eigenvalue weighted by Gasteiger charge is -2.30. The third kappa shape index (κ3) is 3.60. The second-order valence-corrected chi connectivity index (χ2v) is 6.08. The van der Waals surface area contributed by atoms with Crippen molar-refractivity contribution in [2.45, 2.75) is 51.5 Å². The van der Waals surface area contributed by atoms with Crippen LogP contribution in [0, 0.1) is 5.92 Å². The number of amides is 1. The van der Waals surface area contributed by atoms with Gasteiger partial charge in [0.05, 0.1) is 0 Å². The van der Waals surface area contributed by atoms with Crippen molar-refractivity contribution in [1.29, 1.82) is 0 Å². The summed E-state index contributed by atoms with van der Waals surface area (Å²) in [6, 6.07) is 7.93. The molecule has 2 atom stereocenters. The van der Waals surface area contributed by atoms with Crippen LogP contribution in [0.2, 0.25) is 0 Å². The topological polar surface area (TPSA) is 49.3 Å². The van der Waals surface area contributed by atoms with Crippen molar-refractivity contribution in [3.63, 3.8) is 0 Å². The zero-order valence-electron chi connectivity index (χ0n) is 12.4. The first-order valence-corrected chi connectivity index (χ1v) is 7.63. The molecule has 0 radical (unpaired) electrons. The van der Waals surface area contributed by atoms with Crippen molar-refractivity contribution in [1.82, 2.24) is 5.32 Å². The molecule has 2 N–H and O–H groups in total. The minimum Gasteiger partial charge on any atom is -0.396 e. The van der Waals surface area contributed by atoms with E-state index in [9.17, 15) is 9.90 Å². The molecule has 2 rings (SSSR count). The van der Waals surface area contributed by atoms with Crippen LogP contribution in [-0.4, -0.2) is 23.7 Å². The molecule has 2 unspecified atom stereocenters. The van der Waals surface area contributed by atoms with Gasteiger partial charge in [0.2, 0.25) is 0 Å². The SMILES string of the molecule is CC(C)c1ccc(C(=O)NC2CCCCC2CO)cc1. The van der Waals surface area contributed by atoms with Gasteiger partial charge in [-0.1, -0.05) is 38.8 Å². The molecule has 0 saturated heterocycles. The van der Waals surface area contributed by atoms with E-state index in [1.165, 1.54) is 5.56 Å². The molecule has 1 saturated carbocycles. The van der Waals surface area contributed by atoms with Crippen LogP contribution >= 0.6 is 0 Å². The average Bonchev–Trinajstić information content (AvgIpc) is 2.48. The summed E-state index contributed by atoms with van der Waals surface area (Å²) in [4.78, 5) is 12.3. The summed E-state index contributed by atoms with van der Waals surface area (Å²) in [7, 11) is 0. The zero-order chi connectivity index (χ0) is 14.5. The van der Waals surface area contributed by atoms with Gasteiger partial charge in [0.15, 0.2) is 0 Å². The lowest BCUT2D eigenvalue weighted by atomic mass is 9.85. The van der Waals surface area contributed by atoms with Crippen molar-refractivity contribution in [2.24, 2.45) is 5.92 Å². The zero-order valence-corrected chi connectivity index (χ0v) is 12.4. The van der Waals surface area contributed by atoms with E-state index < -0.39 is 0 Å². The summed E-state index contributed by atoms with van der Waals surface area (Å²) < 4.78 is 0. The fraction of sp³-hybridized carbons (Fsp3) is 0.588. The number of hydrogen-bond acceptors (Lipinski definition) is 2. The Hall–Kier alpha value is -1.35. The van der Waals surface area contributed by atoms with Crippen LogP contribution < -0.4 is 5.32 Å². The van der Waals surface area contributed by atoms with E-state index >= 15 is 0 Å². The molecular formula is C17H25NO2. The summed E-state index contributed by atoms with van der Waals surface area (Å²) in [6.45, 7) is 4.45. The third-order valence-corrected chi connectivity index (χ3v) is 4.30. The van der Waals surface area contributed by atoms with Crippen LogP contribution in [0.4, 0.5) is 0 Å². The minimum absolute atomic E-state index is 0.0225. The number of aliphatic hydroxyl groups is 1. The first kappa shape index (κ1) is 15.0. The summed E-state index contributed by atoms with van der Waals surface area (Å²) >= 11 is 0. The Morgan fingerprint density at radius 2 is 1.90 bits per heavy atom. The van der Waals surface area contributed by atoms with E-state index in [0.29, 0.717) is 11.5 Å². The highest BCUT2D eigenvalue weighted by Crippen LogP contribution is 2.24. The number of aliphatic hydroxyl groups excluding tert-OH is 1. The Bertz CT molecular complexity index is 439. The van der Waals surface area contributed by atoms with Crippen molar-refractivity contribution in [3.8, 4) is 0 Å². The van der Waals surface area contributed by atoms with Crippen molar-refractivity contribution in [2.75, 3.05) is 6.61 Å². The smallest absolute Gasteiger partial charge is 0.251 e. The number of rotatable bonds is 4. The minimum atomic E-state index is -0.0225. The molecule has 1 aromatic carbocycles. The molecule has 0 spiro atoms. The average molecular weight is 275 g/mol. The number of carbonyl (C=O) groups excluding carboxylic acids is 1. The van der Waals surface area contributed by atoms with Crippen LogP contribution in [0.15, 0.2) is 24.3 Å². The number of carbonyl (C=O) groups is 1. The number of benzene rings is 1. The van der Waals surface area contributed by atoms with Gasteiger partial charge < -0.3 is 10.4 Å². The first-order valence-electron chi connectivity index (χ1n) is 7.63. The van der Waals surface area contributed by atoms with Crippen LogP contribution in [-0.2, 0) is 0 Å². The standard InChI is InChI=1S/C17H25NO2/c1-12(2)13-7-9-14(10-8-13)17(20)18-16-6-4-3-5-15(16)11-19/h7-10,12,15-16,19H,3-6,11H2,1-2H3,(H,18,20). The Kier molecular flexibility index (Phi) is 5.18. The Labute approximate surface area is 121 Å². The number of hydrogen-bond donors (Lipinski definition) is 2. The van der Waals surface area contributed by atoms with Crippen LogP contribution in [0.3, 0.4) is 0 Å². The maximum atomic E-state index is 12.3. The van der Waals surface area contributed by atoms with Gasteiger partial charge in [-0.25, -0.2) is 0 Å². The first-order chi connectivity index (χ1) is 9.61. The summed E-state index contributed by atoms with van der Waals surface area (Å²) in [5.74, 6) is 0.664. The Morgan fingerprint density at radius 3 is 2.50 bits per heavy atom. The predicted octanol–water partition coefficient (Wildman–Crippen LogP) is 3.09. The monoisotopic (exact) mass is 275 g/mol. The van der Waals surface area contributed by atoms with Crippen LogP contribution in [0.5, 0.6) is 0 Å². The fourth-order valence-corrected chi connectivity index (χ4v) is 2.89. The molecule has 1 aromatic rings. The lowest BCUT2D eigenvalue weighted by molar-refractivity contribution is 0.0872. The van der Waals surface area contributed by atoms with Crippen LogP contribution in [0.1, 0.15) is 61.4 Å². The normalized spacial score (nSPS) is 22.8. The molecule has 20 heavy (non-hydrogen) atoms. The molecule has 3 heteroatoms.